The van der Waals surface area contributed by atoms with Crippen LogP contribution in [0.2, 0.25) is 10.0 Å². The van der Waals surface area contributed by atoms with Gasteiger partial charge in [0.15, 0.2) is 6.19 Å². The molecule has 0 aliphatic carbocycles. The lowest BCUT2D eigenvalue weighted by Crippen LogP contribution is -2.50. The third kappa shape index (κ3) is 6.49. The summed E-state index contributed by atoms with van der Waals surface area (Å²) < 4.78 is 29.7. The molecule has 14 heteroatoms. The van der Waals surface area contributed by atoms with E-state index in [2.05, 4.69) is 25.5 Å². The van der Waals surface area contributed by atoms with Crippen molar-refractivity contribution in [3.8, 4) is 11.9 Å². The molecule has 2 aliphatic rings. The number of amides is 1. The second-order valence-corrected chi connectivity index (χ2v) is 9.46. The van der Waals surface area contributed by atoms with Crippen LogP contribution in [-0.4, -0.2) is 77.5 Å². The molecule has 2 aromatic carbocycles. The molecule has 1 fully saturated rings. The van der Waals surface area contributed by atoms with E-state index in [1.807, 2.05) is 0 Å². The summed E-state index contributed by atoms with van der Waals surface area (Å²) in [6.07, 6.45) is 1.47. The van der Waals surface area contributed by atoms with Gasteiger partial charge in [-0.05, 0) is 37.7 Å². The number of hydrazone groups is 1. The summed E-state index contributed by atoms with van der Waals surface area (Å²) in [5, 5.41) is 31.3. The molecule has 3 atom stereocenters. The number of nitrogens with zero attached hydrogens (tertiary/aromatic N) is 5. The summed E-state index contributed by atoms with van der Waals surface area (Å²) in [6.45, 7) is -2.55. The van der Waals surface area contributed by atoms with Crippen LogP contribution in [0, 0.1) is 11.5 Å². The van der Waals surface area contributed by atoms with Crippen molar-refractivity contribution in [1.29, 1.82) is 5.26 Å². The SMILES string of the molecule is CN1C[C@H](O)C[C@@H]1C(=O)NC1CN(C(=Nc2cccc(OC(F)F)c2)NC#N)N=C1c1ccc(Cl)c(Cl)c1. The molecule has 3 N–H and O–H groups in total. The maximum absolute atomic E-state index is 13.1. The minimum atomic E-state index is -3.01. The maximum atomic E-state index is 13.1. The molecular weight excluding hydrogens is 543 g/mol. The van der Waals surface area contributed by atoms with Crippen LogP contribution >= 0.6 is 23.2 Å². The normalized spacial score (nSPS) is 21.8. The number of β-amino-alcohol motifs (C(OH)–C–C–N with tert-alkyl or cyclic N) is 1. The fourth-order valence-electron chi connectivity index (χ4n) is 4.26. The number of carbonyl (C=O) groups is 1. The van der Waals surface area contributed by atoms with Crippen LogP contribution in [-0.2, 0) is 4.79 Å². The third-order valence-corrected chi connectivity index (χ3v) is 6.70. The molecule has 2 heterocycles. The molecule has 4 rings (SSSR count). The number of halogens is 4. The quantitative estimate of drug-likeness (QED) is 0.213. The van der Waals surface area contributed by atoms with Gasteiger partial charge in [0, 0.05) is 18.2 Å². The first-order chi connectivity index (χ1) is 18.1. The molecule has 200 valence electrons. The topological polar surface area (TPSA) is 126 Å². The van der Waals surface area contributed by atoms with Gasteiger partial charge in [-0.25, -0.2) is 10.0 Å². The second-order valence-electron chi connectivity index (χ2n) is 8.65. The van der Waals surface area contributed by atoms with E-state index in [9.17, 15) is 23.9 Å². The van der Waals surface area contributed by atoms with E-state index in [0.717, 1.165) is 0 Å². The van der Waals surface area contributed by atoms with E-state index in [1.54, 1.807) is 36.3 Å². The predicted octanol–water partition coefficient (Wildman–Crippen LogP) is 2.92. The van der Waals surface area contributed by atoms with E-state index >= 15 is 0 Å². The van der Waals surface area contributed by atoms with E-state index < -0.39 is 24.8 Å². The van der Waals surface area contributed by atoms with Gasteiger partial charge in [-0.1, -0.05) is 35.3 Å². The molecule has 1 amide bonds. The van der Waals surface area contributed by atoms with E-state index in [-0.39, 0.29) is 41.3 Å². The van der Waals surface area contributed by atoms with Crippen LogP contribution in [0.1, 0.15) is 12.0 Å². The Balaban J connectivity index is 1.66. The monoisotopic (exact) mass is 565 g/mol. The number of nitrogens with one attached hydrogen (secondary N) is 2. The van der Waals surface area contributed by atoms with Crippen molar-refractivity contribution in [3.05, 3.63) is 58.1 Å². The predicted molar refractivity (Wildman–Crippen MR) is 138 cm³/mol. The highest BCUT2D eigenvalue weighted by molar-refractivity contribution is 6.42. The molecule has 0 spiro atoms. The summed E-state index contributed by atoms with van der Waals surface area (Å²) in [7, 11) is 1.75. The van der Waals surface area contributed by atoms with Crippen LogP contribution < -0.4 is 15.4 Å². The number of benzene rings is 2. The van der Waals surface area contributed by atoms with Crippen LogP contribution in [0.5, 0.6) is 5.75 Å². The van der Waals surface area contributed by atoms with Crippen LogP contribution in [0.4, 0.5) is 14.5 Å². The lowest BCUT2D eigenvalue weighted by atomic mass is 10.0. The number of likely N-dealkylation sites (N-methyl/N-ethyl adjacent to an activating group) is 1. The summed E-state index contributed by atoms with van der Waals surface area (Å²) in [4.78, 5) is 19.2. The van der Waals surface area contributed by atoms with Gasteiger partial charge in [0.25, 0.3) is 0 Å². The molecule has 0 aromatic heterocycles. The summed E-state index contributed by atoms with van der Waals surface area (Å²) >= 11 is 12.3. The molecule has 38 heavy (non-hydrogen) atoms. The minimum absolute atomic E-state index is 0.00980. The zero-order chi connectivity index (χ0) is 27.4. The number of likely N-dealkylation sites (tertiary alicyclic amines) is 1. The van der Waals surface area contributed by atoms with Gasteiger partial charge in [0.2, 0.25) is 11.9 Å². The third-order valence-electron chi connectivity index (χ3n) is 5.96. The molecule has 10 nitrogen and oxygen atoms in total. The highest BCUT2D eigenvalue weighted by Crippen LogP contribution is 2.27. The van der Waals surface area contributed by atoms with Gasteiger partial charge < -0.3 is 15.2 Å². The zero-order valence-electron chi connectivity index (χ0n) is 20.0. The summed E-state index contributed by atoms with van der Waals surface area (Å²) in [5.41, 5.74) is 1.23. The highest BCUT2D eigenvalue weighted by Gasteiger charge is 2.37. The number of guanidine groups is 1. The van der Waals surface area contributed by atoms with Gasteiger partial charge in [-0.3, -0.25) is 15.0 Å². The standard InChI is InChI=1S/C24H23Cl2F2N7O3/c1-34-10-15(36)9-20(34)22(37)32-19-11-35(33-21(19)13-5-6-17(25)18(26)7-13)24(30-12-29)31-14-3-2-4-16(8-14)38-23(27)28/h2-8,15,19-20,23,36H,9-11H2,1H3,(H,30,31)(H,32,37)/t15-,19?,20-/m1/s1. The largest absolute Gasteiger partial charge is 0.435 e. The lowest BCUT2D eigenvalue weighted by molar-refractivity contribution is -0.125. The highest BCUT2D eigenvalue weighted by atomic mass is 35.5. The number of aliphatic imine (C=N–C) groups is 1. The first-order valence-electron chi connectivity index (χ1n) is 11.4. The van der Waals surface area contributed by atoms with Crippen molar-refractivity contribution in [3.63, 3.8) is 0 Å². The van der Waals surface area contributed by atoms with Crippen molar-refractivity contribution in [2.75, 3.05) is 20.1 Å². The van der Waals surface area contributed by atoms with Gasteiger partial charge in [-0.15, -0.1) is 0 Å². The Morgan fingerprint density at radius 1 is 1.26 bits per heavy atom. The average Bonchev–Trinajstić information content (AvgIpc) is 3.42. The first-order valence-corrected chi connectivity index (χ1v) is 12.2. The number of alkyl halides is 2. The summed E-state index contributed by atoms with van der Waals surface area (Å²) in [5.74, 6) is -0.413. The number of ether oxygens (including phenoxy) is 1. The molecule has 0 bridgehead atoms. The number of nitriles is 1. The van der Waals surface area contributed by atoms with Crippen molar-refractivity contribution >= 4 is 46.5 Å². The van der Waals surface area contributed by atoms with Crippen molar-refractivity contribution in [2.45, 2.75) is 31.2 Å². The fraction of sp³-hybridized carbons (Fsp3) is 0.333. The Labute approximate surface area is 227 Å². The van der Waals surface area contributed by atoms with Crippen molar-refractivity contribution < 1.29 is 23.4 Å². The number of hydrogen-bond donors (Lipinski definition) is 3. The smallest absolute Gasteiger partial charge is 0.387 e. The second kappa shape index (κ2) is 11.9. The number of carbonyl (C=O) groups excluding carboxylic acids is 1. The Hall–Kier alpha value is -3.50. The van der Waals surface area contributed by atoms with Crippen LogP contribution in [0.25, 0.3) is 0 Å². The Kier molecular flexibility index (Phi) is 8.63. The molecule has 0 saturated carbocycles. The molecule has 1 saturated heterocycles. The van der Waals surface area contributed by atoms with E-state index in [0.29, 0.717) is 22.8 Å². The minimum Gasteiger partial charge on any atom is -0.435 e. The molecular formula is C24H23Cl2F2N7O3. The number of aliphatic hydroxyl groups is 1. The molecule has 1 unspecified atom stereocenters. The molecule has 2 aromatic rings. The van der Waals surface area contributed by atoms with Gasteiger partial charge in [-0.2, -0.15) is 19.1 Å². The number of rotatable bonds is 6. The van der Waals surface area contributed by atoms with Gasteiger partial charge >= 0.3 is 6.61 Å². The Morgan fingerprint density at radius 3 is 2.71 bits per heavy atom. The summed E-state index contributed by atoms with van der Waals surface area (Å²) in [6, 6.07) is 9.37. The Morgan fingerprint density at radius 2 is 2.05 bits per heavy atom. The number of aliphatic hydroxyl groups excluding tert-OH is 1. The number of hydrogen-bond acceptors (Lipinski definition) is 7. The zero-order valence-corrected chi connectivity index (χ0v) is 21.5. The lowest BCUT2D eigenvalue weighted by Gasteiger charge is -2.22. The van der Waals surface area contributed by atoms with Crippen LogP contribution in [0.3, 0.4) is 0 Å². The van der Waals surface area contributed by atoms with Crippen molar-refractivity contribution in [2.24, 2.45) is 10.1 Å². The first kappa shape index (κ1) is 27.5. The average molecular weight is 566 g/mol. The fourth-order valence-corrected chi connectivity index (χ4v) is 4.56. The Bertz CT molecular complexity index is 1300. The molecule has 0 radical (unpaired) electrons. The maximum Gasteiger partial charge on any atom is 0.387 e. The van der Waals surface area contributed by atoms with Gasteiger partial charge in [0.05, 0.1) is 46.2 Å². The van der Waals surface area contributed by atoms with E-state index in [4.69, 9.17) is 23.2 Å². The molecule has 2 aliphatic heterocycles. The van der Waals surface area contributed by atoms with Crippen LogP contribution in [0.15, 0.2) is 52.6 Å². The van der Waals surface area contributed by atoms with Gasteiger partial charge in [0.1, 0.15) is 5.75 Å². The van der Waals surface area contributed by atoms with E-state index in [1.165, 1.54) is 29.3 Å². The van der Waals surface area contributed by atoms with Crippen molar-refractivity contribution in [1.82, 2.24) is 20.5 Å².